The second-order valence-electron chi connectivity index (χ2n) is 6.17. The van der Waals surface area contributed by atoms with Gasteiger partial charge in [-0.2, -0.15) is 0 Å². The maximum absolute atomic E-state index is 12.0. The van der Waals surface area contributed by atoms with Gasteiger partial charge >= 0.3 is 0 Å². The van der Waals surface area contributed by atoms with Gasteiger partial charge in [0.05, 0.1) is 0 Å². The molecule has 5 nitrogen and oxygen atoms in total. The minimum Gasteiger partial charge on any atom is -0.330 e. The molecule has 124 valence electrons. The Kier molecular flexibility index (Phi) is 8.12. The lowest BCUT2D eigenvalue weighted by Crippen LogP contribution is -2.28. The molecule has 0 aliphatic heterocycles. The van der Waals surface area contributed by atoms with Gasteiger partial charge in [-0.1, -0.05) is 26.8 Å². The first-order chi connectivity index (χ1) is 9.74. The molecule has 2 amide bonds. The minimum atomic E-state index is -0.465. The van der Waals surface area contributed by atoms with E-state index < -0.39 is 5.41 Å². The predicted molar refractivity (Wildman–Crippen MR) is 93.4 cm³/mol. The van der Waals surface area contributed by atoms with E-state index in [1.54, 1.807) is 6.07 Å². The monoisotopic (exact) mass is 327 g/mol. The number of halogens is 1. The van der Waals surface area contributed by atoms with Crippen molar-refractivity contribution in [1.82, 2.24) is 0 Å². The highest BCUT2D eigenvalue weighted by atomic mass is 35.5. The minimum absolute atomic E-state index is 0. The van der Waals surface area contributed by atoms with Gasteiger partial charge in [-0.3, -0.25) is 9.59 Å². The molecule has 4 N–H and O–H groups in total. The Labute approximate surface area is 138 Å². The molecule has 0 spiro atoms. The van der Waals surface area contributed by atoms with Gasteiger partial charge in [0.25, 0.3) is 0 Å². The van der Waals surface area contributed by atoms with Gasteiger partial charge in [0.2, 0.25) is 11.8 Å². The van der Waals surface area contributed by atoms with Crippen molar-refractivity contribution in [1.29, 1.82) is 0 Å². The molecular weight excluding hydrogens is 302 g/mol. The summed E-state index contributed by atoms with van der Waals surface area (Å²) in [6.07, 6.45) is 1.05. The van der Waals surface area contributed by atoms with Gasteiger partial charge in [-0.05, 0) is 37.6 Å². The van der Waals surface area contributed by atoms with Gasteiger partial charge in [-0.25, -0.2) is 0 Å². The van der Waals surface area contributed by atoms with Crippen LogP contribution in [-0.2, 0) is 9.59 Å². The Morgan fingerprint density at radius 2 is 1.82 bits per heavy atom. The quantitative estimate of drug-likeness (QED) is 0.777. The van der Waals surface area contributed by atoms with E-state index in [-0.39, 0.29) is 24.2 Å². The molecule has 0 aromatic heterocycles. The summed E-state index contributed by atoms with van der Waals surface area (Å²) in [7, 11) is 0. The fraction of sp³-hybridized carbons (Fsp3) is 0.500. The molecular formula is C16H26ClN3O2. The van der Waals surface area contributed by atoms with Crippen LogP contribution in [0.5, 0.6) is 0 Å². The Bertz CT molecular complexity index is 525. The molecule has 0 heterocycles. The third kappa shape index (κ3) is 6.45. The summed E-state index contributed by atoms with van der Waals surface area (Å²) in [4.78, 5) is 23.7. The third-order valence-corrected chi connectivity index (χ3v) is 3.06. The molecule has 0 aliphatic rings. The molecule has 0 fully saturated rings. The summed E-state index contributed by atoms with van der Waals surface area (Å²) < 4.78 is 0. The highest BCUT2D eigenvalue weighted by Crippen LogP contribution is 2.23. The molecule has 0 saturated carbocycles. The van der Waals surface area contributed by atoms with Gasteiger partial charge in [0.1, 0.15) is 0 Å². The summed E-state index contributed by atoms with van der Waals surface area (Å²) in [5, 5.41) is 5.71. The van der Waals surface area contributed by atoms with Gasteiger partial charge in [0, 0.05) is 23.2 Å². The number of carbonyl (C=O) groups is 2. The average molecular weight is 328 g/mol. The van der Waals surface area contributed by atoms with Crippen LogP contribution in [0.4, 0.5) is 11.4 Å². The zero-order valence-electron chi connectivity index (χ0n) is 13.7. The van der Waals surface area contributed by atoms with E-state index in [9.17, 15) is 9.59 Å². The first-order valence-electron chi connectivity index (χ1n) is 7.16. The number of nitrogens with two attached hydrogens (primary N) is 1. The van der Waals surface area contributed by atoms with Crippen molar-refractivity contribution < 1.29 is 9.59 Å². The van der Waals surface area contributed by atoms with Crippen LogP contribution in [-0.4, -0.2) is 18.4 Å². The summed E-state index contributed by atoms with van der Waals surface area (Å²) in [6.45, 7) is 7.98. The molecule has 0 aliphatic carbocycles. The van der Waals surface area contributed by atoms with E-state index in [0.717, 1.165) is 5.56 Å². The molecule has 0 unspecified atom stereocenters. The summed E-state index contributed by atoms with van der Waals surface area (Å²) in [6, 6.07) is 5.47. The average Bonchev–Trinajstić information content (AvgIpc) is 2.39. The van der Waals surface area contributed by atoms with E-state index in [2.05, 4.69) is 10.6 Å². The molecule has 0 radical (unpaired) electrons. The summed E-state index contributed by atoms with van der Waals surface area (Å²) >= 11 is 0. The molecule has 1 aromatic rings. The number of aryl methyl sites for hydroxylation is 1. The van der Waals surface area contributed by atoms with Crippen molar-refractivity contribution in [3.63, 3.8) is 0 Å². The van der Waals surface area contributed by atoms with Crippen LogP contribution in [0.15, 0.2) is 18.2 Å². The maximum atomic E-state index is 12.0. The van der Waals surface area contributed by atoms with Crippen molar-refractivity contribution in [3.05, 3.63) is 23.8 Å². The third-order valence-electron chi connectivity index (χ3n) is 3.06. The highest BCUT2D eigenvalue weighted by molar-refractivity contribution is 5.97. The zero-order valence-corrected chi connectivity index (χ0v) is 14.5. The Balaban J connectivity index is 0.00000441. The van der Waals surface area contributed by atoms with E-state index in [0.29, 0.717) is 30.8 Å². The van der Waals surface area contributed by atoms with Crippen LogP contribution in [0.3, 0.4) is 0 Å². The number of anilines is 2. The van der Waals surface area contributed by atoms with Crippen LogP contribution in [0.1, 0.15) is 39.2 Å². The number of carbonyl (C=O) groups excluding carboxylic acids is 2. The zero-order chi connectivity index (χ0) is 16.0. The fourth-order valence-corrected chi connectivity index (χ4v) is 1.63. The van der Waals surface area contributed by atoms with Crippen molar-refractivity contribution in [2.75, 3.05) is 17.2 Å². The van der Waals surface area contributed by atoms with Gasteiger partial charge in [-0.15, -0.1) is 12.4 Å². The fourth-order valence-electron chi connectivity index (χ4n) is 1.63. The van der Waals surface area contributed by atoms with Crippen LogP contribution in [0.2, 0.25) is 0 Å². The first-order valence-corrected chi connectivity index (χ1v) is 7.16. The number of nitrogens with one attached hydrogen (secondary N) is 2. The highest BCUT2D eigenvalue weighted by Gasteiger charge is 2.21. The lowest BCUT2D eigenvalue weighted by molar-refractivity contribution is -0.123. The molecule has 1 rings (SSSR count). The number of hydrogen-bond acceptors (Lipinski definition) is 3. The van der Waals surface area contributed by atoms with E-state index in [1.807, 2.05) is 39.8 Å². The molecule has 6 heteroatoms. The summed E-state index contributed by atoms with van der Waals surface area (Å²) in [5.74, 6) is -0.130. The van der Waals surface area contributed by atoms with Gasteiger partial charge < -0.3 is 16.4 Å². The number of amides is 2. The van der Waals surface area contributed by atoms with Crippen molar-refractivity contribution in [2.24, 2.45) is 11.1 Å². The smallest absolute Gasteiger partial charge is 0.229 e. The molecule has 22 heavy (non-hydrogen) atoms. The number of benzene rings is 1. The lowest BCUT2D eigenvalue weighted by Gasteiger charge is -2.19. The van der Waals surface area contributed by atoms with E-state index in [4.69, 9.17) is 5.73 Å². The van der Waals surface area contributed by atoms with E-state index >= 15 is 0 Å². The normalized spacial score (nSPS) is 10.6. The van der Waals surface area contributed by atoms with Crippen LogP contribution in [0, 0.1) is 12.3 Å². The Morgan fingerprint density at radius 3 is 2.36 bits per heavy atom. The van der Waals surface area contributed by atoms with E-state index in [1.165, 1.54) is 0 Å². The second-order valence-corrected chi connectivity index (χ2v) is 6.17. The second kappa shape index (κ2) is 8.76. The standard InChI is InChI=1S/C16H25N3O2.ClH/c1-11-7-8-12(18-14(20)6-5-9-17)10-13(11)19-15(21)16(2,3)4;/h7-8,10H,5-6,9,17H2,1-4H3,(H,18,20)(H,19,21);1H. The maximum Gasteiger partial charge on any atom is 0.229 e. The van der Waals surface area contributed by atoms with Gasteiger partial charge in [0.15, 0.2) is 0 Å². The Hall–Kier alpha value is -1.59. The van der Waals surface area contributed by atoms with Crippen molar-refractivity contribution >= 4 is 35.6 Å². The molecule has 0 atom stereocenters. The lowest BCUT2D eigenvalue weighted by atomic mass is 9.95. The first kappa shape index (κ1) is 20.4. The predicted octanol–water partition coefficient (Wildman–Crippen LogP) is 3.08. The largest absolute Gasteiger partial charge is 0.330 e. The summed E-state index contributed by atoms with van der Waals surface area (Å²) in [5.41, 5.74) is 7.26. The van der Waals surface area contributed by atoms with Crippen LogP contribution in [0.25, 0.3) is 0 Å². The molecule has 0 saturated heterocycles. The number of hydrogen-bond donors (Lipinski definition) is 3. The van der Waals surface area contributed by atoms with Crippen LogP contribution >= 0.6 is 12.4 Å². The molecule has 1 aromatic carbocycles. The van der Waals surface area contributed by atoms with Crippen LogP contribution < -0.4 is 16.4 Å². The topological polar surface area (TPSA) is 84.2 Å². The Morgan fingerprint density at radius 1 is 1.18 bits per heavy atom. The van der Waals surface area contributed by atoms with Crippen molar-refractivity contribution in [3.8, 4) is 0 Å². The number of rotatable bonds is 5. The van der Waals surface area contributed by atoms with Crippen molar-refractivity contribution in [2.45, 2.75) is 40.5 Å². The molecule has 0 bridgehead atoms. The SMILES string of the molecule is Cc1ccc(NC(=O)CCCN)cc1NC(=O)C(C)(C)C.Cl.